The van der Waals surface area contributed by atoms with E-state index in [0.29, 0.717) is 29.9 Å². The van der Waals surface area contributed by atoms with Crippen LogP contribution in [0.4, 0.5) is 15.8 Å². The van der Waals surface area contributed by atoms with E-state index in [4.69, 9.17) is 27.0 Å². The van der Waals surface area contributed by atoms with Crippen LogP contribution >= 0.6 is 0 Å². The van der Waals surface area contributed by atoms with Crippen LogP contribution in [0.5, 0.6) is 0 Å². The molecule has 14 nitrogen and oxygen atoms in total. The van der Waals surface area contributed by atoms with Gasteiger partial charge < -0.3 is 32.4 Å². The molecule has 51 heavy (non-hydrogen) atoms. The van der Waals surface area contributed by atoms with Gasteiger partial charge >= 0.3 is 11.9 Å². The number of aromatic nitrogens is 6. The summed E-state index contributed by atoms with van der Waals surface area (Å²) < 4.78 is 21.6. The molecule has 276 valence electrons. The number of carbonyl (C=O) groups is 2. The molecule has 3 heterocycles. The number of nitrogens with one attached hydrogen (secondary N) is 3. The van der Waals surface area contributed by atoms with E-state index < -0.39 is 23.8 Å². The van der Waals surface area contributed by atoms with Crippen LogP contribution in [0.2, 0.25) is 0 Å². The zero-order chi connectivity index (χ0) is 37.2. The number of fused-ring (bicyclic) bond motifs is 4. The van der Waals surface area contributed by atoms with Crippen LogP contribution in [0.3, 0.4) is 0 Å². The molecule has 2 aromatic carbocycles. The summed E-state index contributed by atoms with van der Waals surface area (Å²) in [6, 6.07) is 8.46. The zero-order valence-corrected chi connectivity index (χ0v) is 29.9. The molecule has 2 fully saturated rings. The van der Waals surface area contributed by atoms with E-state index in [-0.39, 0.29) is 30.7 Å². The van der Waals surface area contributed by atoms with Crippen molar-refractivity contribution in [3.05, 3.63) is 66.0 Å². The lowest BCUT2D eigenvalue weighted by atomic mass is 9.78. The number of aliphatic carboxylic acids is 1. The van der Waals surface area contributed by atoms with Crippen LogP contribution in [0.15, 0.2) is 48.9 Å². The highest BCUT2D eigenvalue weighted by molar-refractivity contribution is 5.88. The van der Waals surface area contributed by atoms with E-state index >= 15 is 0 Å². The van der Waals surface area contributed by atoms with Gasteiger partial charge in [0, 0.05) is 46.4 Å². The minimum atomic E-state index is -1.29. The molecule has 2 bridgehead atoms. The largest absolute Gasteiger partial charge is 0.480 e. The number of H-pyrrole nitrogens is 2. The number of halogens is 1. The predicted octanol–water partition coefficient (Wildman–Crippen LogP) is 5.07. The summed E-state index contributed by atoms with van der Waals surface area (Å²) in [6.45, 7) is 10.2. The Hall–Kier alpha value is -5.02. The number of nitrogens with zero attached hydrogens (tertiary/aromatic N) is 4. The van der Waals surface area contributed by atoms with E-state index in [1.165, 1.54) is 6.07 Å². The van der Waals surface area contributed by atoms with Crippen molar-refractivity contribution in [2.45, 2.75) is 90.9 Å². The fraction of sp³-hybridized carbons (Fsp3) is 0.472. The molecule has 10 N–H and O–H groups in total. The molecule has 0 amide bonds. The Morgan fingerprint density at radius 3 is 2.47 bits per heavy atom. The van der Waals surface area contributed by atoms with Crippen LogP contribution in [-0.2, 0) is 20.9 Å². The predicted molar refractivity (Wildman–Crippen MR) is 196 cm³/mol. The van der Waals surface area contributed by atoms with Gasteiger partial charge in [-0.1, -0.05) is 27.7 Å². The SMILES string of the molecule is CC.CC(C)N.Cc1ccn[nH]1.Nc1c(F)cc2[nH]ncc2c1[C@H]1C2CCC(C2)[C@H]1Nc1ccc2c(cnn2CCOC(=O)CC(N)C(=O)O)c1. The molecule has 0 aliphatic heterocycles. The highest BCUT2D eigenvalue weighted by Gasteiger charge is 2.49. The lowest BCUT2D eigenvalue weighted by molar-refractivity contribution is -0.149. The van der Waals surface area contributed by atoms with Gasteiger partial charge in [-0.15, -0.1) is 0 Å². The van der Waals surface area contributed by atoms with Gasteiger partial charge in [0.2, 0.25) is 0 Å². The number of carboxylic acids is 1. The van der Waals surface area contributed by atoms with Crippen LogP contribution in [0.1, 0.15) is 70.6 Å². The Balaban J connectivity index is 0.000000419. The van der Waals surface area contributed by atoms with Crippen molar-refractivity contribution in [3.8, 4) is 0 Å². The first-order valence-electron chi connectivity index (χ1n) is 17.4. The smallest absolute Gasteiger partial charge is 0.321 e. The van der Waals surface area contributed by atoms with E-state index in [0.717, 1.165) is 52.5 Å². The first-order valence-corrected chi connectivity index (χ1v) is 17.4. The normalized spacial score (nSPS) is 19.4. The third kappa shape index (κ3) is 9.61. The summed E-state index contributed by atoms with van der Waals surface area (Å²) >= 11 is 0. The Labute approximate surface area is 296 Å². The minimum Gasteiger partial charge on any atom is -0.480 e. The maximum Gasteiger partial charge on any atom is 0.321 e. The second-order valence-corrected chi connectivity index (χ2v) is 13.0. The molecule has 0 spiro atoms. The molecule has 0 radical (unpaired) electrons. The Morgan fingerprint density at radius 1 is 1.10 bits per heavy atom. The fourth-order valence-corrected chi connectivity index (χ4v) is 6.82. The van der Waals surface area contributed by atoms with Crippen LogP contribution in [0, 0.1) is 24.6 Å². The van der Waals surface area contributed by atoms with Gasteiger partial charge in [-0.05, 0) is 73.9 Å². The molecule has 2 aliphatic rings. The lowest BCUT2D eigenvalue weighted by Crippen LogP contribution is -2.34. The topological polar surface area (TPSA) is 229 Å². The number of aromatic amines is 2. The standard InChI is InChI=1S/C27H30FN7O4.C4H6N2.C3H9N.C2H6/c28-18-9-20-17(12-31-34-20)24(25(18)30)23-13-1-2-14(7-13)26(23)33-16-3-4-21-15(8-16)11-32-35(21)5-6-39-22(36)10-19(29)27(37)38;1-4-2-3-5-6-4;1-3(2)4;1-2/h3-4,8-9,11-14,19,23,26,33H,1-2,5-7,10,29-30H2,(H,31,34)(H,37,38);2-3H,1H3,(H,5,6);3H,4H2,1-2H3;1-2H3/t13?,14?,19?,23-,26-;;;/m1.../s1. The van der Waals surface area contributed by atoms with E-state index in [1.54, 1.807) is 23.3 Å². The highest BCUT2D eigenvalue weighted by atomic mass is 19.1. The lowest BCUT2D eigenvalue weighted by Gasteiger charge is -2.34. The first-order chi connectivity index (χ1) is 24.4. The summed E-state index contributed by atoms with van der Waals surface area (Å²) in [4.78, 5) is 22.6. The van der Waals surface area contributed by atoms with Gasteiger partial charge in [0.25, 0.3) is 0 Å². The molecule has 2 saturated carbocycles. The van der Waals surface area contributed by atoms with Gasteiger partial charge in [-0.25, -0.2) is 4.39 Å². The van der Waals surface area contributed by atoms with E-state index in [2.05, 4.69) is 30.8 Å². The molecular formula is C36H51FN10O4. The fourth-order valence-electron chi connectivity index (χ4n) is 6.82. The average molecular weight is 707 g/mol. The number of rotatable bonds is 9. The minimum absolute atomic E-state index is 0.0479. The number of ether oxygens (including phenoxy) is 1. The van der Waals surface area contributed by atoms with Gasteiger partial charge in [0.05, 0.1) is 42.1 Å². The maximum atomic E-state index is 14.8. The Bertz CT molecular complexity index is 1870. The van der Waals surface area contributed by atoms with Crippen molar-refractivity contribution in [1.82, 2.24) is 30.2 Å². The van der Waals surface area contributed by atoms with Crippen molar-refractivity contribution in [2.24, 2.45) is 23.3 Å². The zero-order valence-electron chi connectivity index (χ0n) is 29.9. The maximum absolute atomic E-state index is 14.8. The molecule has 5 atom stereocenters. The Morgan fingerprint density at radius 2 is 1.82 bits per heavy atom. The summed E-state index contributed by atoms with van der Waals surface area (Å²) in [5, 5.41) is 32.2. The number of aryl methyl sites for hydroxylation is 1. The van der Waals surface area contributed by atoms with Gasteiger partial charge in [-0.2, -0.15) is 15.3 Å². The number of esters is 1. The van der Waals surface area contributed by atoms with Gasteiger partial charge in [-0.3, -0.25) is 24.5 Å². The van der Waals surface area contributed by atoms with Crippen molar-refractivity contribution in [2.75, 3.05) is 17.7 Å². The van der Waals surface area contributed by atoms with E-state index in [1.807, 2.05) is 58.9 Å². The number of benzene rings is 2. The van der Waals surface area contributed by atoms with Crippen molar-refractivity contribution in [1.29, 1.82) is 0 Å². The number of anilines is 2. The number of nitrogen functional groups attached to an aromatic ring is 1. The molecule has 15 heteroatoms. The van der Waals surface area contributed by atoms with Crippen molar-refractivity contribution >= 4 is 45.1 Å². The molecule has 0 saturated heterocycles. The molecule has 5 aromatic rings. The number of nitrogens with two attached hydrogens (primary N) is 3. The van der Waals surface area contributed by atoms with Crippen molar-refractivity contribution in [3.63, 3.8) is 0 Å². The monoisotopic (exact) mass is 706 g/mol. The number of hydrogen-bond donors (Lipinski definition) is 7. The van der Waals surface area contributed by atoms with Crippen molar-refractivity contribution < 1.29 is 23.8 Å². The summed E-state index contributed by atoms with van der Waals surface area (Å²) in [6.07, 6.45) is 8.13. The quantitative estimate of drug-likeness (QED) is 0.0790. The third-order valence-electron chi connectivity index (χ3n) is 8.91. The highest BCUT2D eigenvalue weighted by Crippen LogP contribution is 2.56. The number of hydrogen-bond acceptors (Lipinski definition) is 10. The second kappa shape index (κ2) is 17.8. The van der Waals surface area contributed by atoms with Crippen LogP contribution in [-0.4, -0.2) is 72.0 Å². The molecule has 3 unspecified atom stereocenters. The molecule has 7 rings (SSSR count). The summed E-state index contributed by atoms with van der Waals surface area (Å²) in [5.74, 6) is -1.38. The summed E-state index contributed by atoms with van der Waals surface area (Å²) in [5.41, 5.74) is 21.4. The molecule has 3 aromatic heterocycles. The second-order valence-electron chi connectivity index (χ2n) is 13.0. The molecule has 2 aliphatic carbocycles. The molecular weight excluding hydrogens is 655 g/mol. The van der Waals surface area contributed by atoms with E-state index in [9.17, 15) is 14.0 Å². The van der Waals surface area contributed by atoms with Gasteiger partial charge in [0.15, 0.2) is 0 Å². The number of carbonyl (C=O) groups excluding carboxylic acids is 1. The average Bonchev–Trinajstić information content (AvgIpc) is 3.94. The first kappa shape index (κ1) is 38.8. The third-order valence-corrected chi connectivity index (χ3v) is 8.91. The summed E-state index contributed by atoms with van der Waals surface area (Å²) in [7, 11) is 0. The van der Waals surface area contributed by atoms with Crippen LogP contribution in [0.25, 0.3) is 21.8 Å². The number of carboxylic acid groups (broad SMARTS) is 1. The van der Waals surface area contributed by atoms with Gasteiger partial charge in [0.1, 0.15) is 18.5 Å². The Kier molecular flexibility index (Phi) is 13.5. The van der Waals surface area contributed by atoms with Crippen LogP contribution < -0.4 is 22.5 Å².